The number of aliphatic carboxylic acids is 1. The van der Waals surface area contributed by atoms with E-state index in [1.54, 1.807) is 13.8 Å². The third kappa shape index (κ3) is 4.19. The molecule has 0 radical (unpaired) electrons. The summed E-state index contributed by atoms with van der Waals surface area (Å²) in [5.41, 5.74) is -0.846. The number of nitrogens with zero attached hydrogens (tertiary/aromatic N) is 2. The molecule has 0 aromatic carbocycles. The number of carboxylic acids is 1. The summed E-state index contributed by atoms with van der Waals surface area (Å²) in [5.74, 6) is -1.10. The molecule has 3 amide bonds. The highest BCUT2D eigenvalue weighted by Crippen LogP contribution is 2.16. The van der Waals surface area contributed by atoms with E-state index in [4.69, 9.17) is 5.11 Å². The molecular weight excluding hydrogens is 262 g/mol. The summed E-state index contributed by atoms with van der Waals surface area (Å²) >= 11 is 0. The third-order valence-corrected chi connectivity index (χ3v) is 3.20. The van der Waals surface area contributed by atoms with Gasteiger partial charge in [0.15, 0.2) is 0 Å². The van der Waals surface area contributed by atoms with Gasteiger partial charge in [-0.25, -0.2) is 4.79 Å². The van der Waals surface area contributed by atoms with Crippen LogP contribution in [0.3, 0.4) is 0 Å². The van der Waals surface area contributed by atoms with Gasteiger partial charge in [0.1, 0.15) is 5.54 Å². The molecule has 7 heteroatoms. The van der Waals surface area contributed by atoms with E-state index in [1.807, 2.05) is 11.8 Å². The van der Waals surface area contributed by atoms with Gasteiger partial charge in [0, 0.05) is 13.1 Å². The fourth-order valence-corrected chi connectivity index (χ4v) is 2.25. The maximum absolute atomic E-state index is 12.0. The summed E-state index contributed by atoms with van der Waals surface area (Å²) in [6.45, 7) is 6.86. The van der Waals surface area contributed by atoms with Crippen LogP contribution in [0.25, 0.3) is 0 Å². The van der Waals surface area contributed by atoms with Crippen LogP contribution in [0.4, 0.5) is 4.79 Å². The number of carbonyl (C=O) groups excluding carboxylic acids is 2. The van der Waals surface area contributed by atoms with Crippen molar-refractivity contribution < 1.29 is 19.5 Å². The van der Waals surface area contributed by atoms with E-state index in [0.717, 1.165) is 6.42 Å². The molecular formula is C13H23N3O4. The highest BCUT2D eigenvalue weighted by Gasteiger charge is 2.43. The highest BCUT2D eigenvalue weighted by atomic mass is 16.4. The lowest BCUT2D eigenvalue weighted by molar-refractivity contribution is -0.138. The Morgan fingerprint density at radius 1 is 1.35 bits per heavy atom. The molecule has 1 heterocycles. The Morgan fingerprint density at radius 3 is 2.45 bits per heavy atom. The fraction of sp³-hybridized carbons (Fsp3) is 0.769. The summed E-state index contributed by atoms with van der Waals surface area (Å²) in [6, 6.07) is -0.375. The second kappa shape index (κ2) is 6.69. The molecule has 0 aromatic heterocycles. The number of carboxylic acid groups (broad SMARTS) is 1. The fourth-order valence-electron chi connectivity index (χ4n) is 2.25. The van der Waals surface area contributed by atoms with Gasteiger partial charge >= 0.3 is 12.0 Å². The zero-order chi connectivity index (χ0) is 15.3. The van der Waals surface area contributed by atoms with Crippen LogP contribution >= 0.6 is 0 Å². The lowest BCUT2D eigenvalue weighted by Gasteiger charge is -2.21. The van der Waals surface area contributed by atoms with Crippen LogP contribution in [0.5, 0.6) is 0 Å². The molecule has 0 atom stereocenters. The van der Waals surface area contributed by atoms with Crippen LogP contribution in [-0.2, 0) is 9.59 Å². The van der Waals surface area contributed by atoms with Gasteiger partial charge in [-0.1, -0.05) is 6.92 Å². The first-order valence-corrected chi connectivity index (χ1v) is 6.86. The molecule has 1 aliphatic rings. The molecule has 7 nitrogen and oxygen atoms in total. The van der Waals surface area contributed by atoms with Crippen molar-refractivity contribution in [1.29, 1.82) is 0 Å². The number of hydrogen-bond donors (Lipinski definition) is 2. The van der Waals surface area contributed by atoms with Gasteiger partial charge in [0.05, 0.1) is 6.54 Å². The molecule has 0 aliphatic carbocycles. The first kappa shape index (κ1) is 16.4. The number of nitrogens with one attached hydrogen (secondary N) is 1. The topological polar surface area (TPSA) is 90.0 Å². The zero-order valence-corrected chi connectivity index (χ0v) is 12.3. The second-order valence-corrected chi connectivity index (χ2v) is 5.54. The molecule has 1 saturated heterocycles. The molecule has 1 fully saturated rings. The smallest absolute Gasteiger partial charge is 0.325 e. The number of imide groups is 1. The summed E-state index contributed by atoms with van der Waals surface area (Å²) in [5, 5.41) is 11.4. The van der Waals surface area contributed by atoms with Crippen molar-refractivity contribution in [2.45, 2.75) is 39.2 Å². The second-order valence-electron chi connectivity index (χ2n) is 5.54. The number of hydrogen-bond acceptors (Lipinski definition) is 4. The maximum atomic E-state index is 12.0. The predicted molar refractivity (Wildman–Crippen MR) is 73.3 cm³/mol. The Kier molecular flexibility index (Phi) is 5.50. The van der Waals surface area contributed by atoms with Crippen molar-refractivity contribution in [2.75, 3.05) is 26.2 Å². The number of carbonyl (C=O) groups is 3. The standard InChI is InChI=1S/C13H23N3O4/c1-4-6-15(9-10(17)18)7-5-8-16-11(19)13(2,3)14-12(16)20/h4-9H2,1-3H3,(H,14,20)(H,17,18). The minimum atomic E-state index is -0.866. The lowest BCUT2D eigenvalue weighted by Crippen LogP contribution is -2.40. The minimum Gasteiger partial charge on any atom is -0.480 e. The van der Waals surface area contributed by atoms with Crippen molar-refractivity contribution >= 4 is 17.9 Å². The van der Waals surface area contributed by atoms with Crippen LogP contribution < -0.4 is 5.32 Å². The van der Waals surface area contributed by atoms with Crippen molar-refractivity contribution in [3.8, 4) is 0 Å². The van der Waals surface area contributed by atoms with Crippen LogP contribution in [-0.4, -0.2) is 64.5 Å². The Labute approximate surface area is 118 Å². The van der Waals surface area contributed by atoms with Crippen molar-refractivity contribution in [2.24, 2.45) is 0 Å². The van der Waals surface area contributed by atoms with Gasteiger partial charge in [0.25, 0.3) is 5.91 Å². The average Bonchev–Trinajstić information content (AvgIpc) is 2.50. The zero-order valence-electron chi connectivity index (χ0n) is 12.3. The number of amides is 3. The molecule has 0 aromatic rings. The van der Waals surface area contributed by atoms with Gasteiger partial charge < -0.3 is 10.4 Å². The van der Waals surface area contributed by atoms with Gasteiger partial charge in [-0.2, -0.15) is 0 Å². The summed E-state index contributed by atoms with van der Waals surface area (Å²) in [6.07, 6.45) is 1.44. The normalized spacial score (nSPS) is 17.7. The van der Waals surface area contributed by atoms with Crippen molar-refractivity contribution in [3.63, 3.8) is 0 Å². The van der Waals surface area contributed by atoms with Crippen LogP contribution in [0.15, 0.2) is 0 Å². The molecule has 0 saturated carbocycles. The molecule has 2 N–H and O–H groups in total. The molecule has 1 aliphatic heterocycles. The molecule has 0 spiro atoms. The van der Waals surface area contributed by atoms with E-state index in [9.17, 15) is 14.4 Å². The average molecular weight is 285 g/mol. The van der Waals surface area contributed by atoms with Crippen LogP contribution in [0, 0.1) is 0 Å². The summed E-state index contributed by atoms with van der Waals surface area (Å²) < 4.78 is 0. The number of urea groups is 1. The van der Waals surface area contributed by atoms with Gasteiger partial charge in [0.2, 0.25) is 0 Å². The lowest BCUT2D eigenvalue weighted by atomic mass is 10.1. The largest absolute Gasteiger partial charge is 0.480 e. The minimum absolute atomic E-state index is 0.0144. The third-order valence-electron chi connectivity index (χ3n) is 3.20. The predicted octanol–water partition coefficient (Wildman–Crippen LogP) is 0.504. The number of rotatable bonds is 8. The van der Waals surface area contributed by atoms with E-state index in [0.29, 0.717) is 26.1 Å². The Bertz CT molecular complexity index is 395. The van der Waals surface area contributed by atoms with Crippen LogP contribution in [0.1, 0.15) is 33.6 Å². The van der Waals surface area contributed by atoms with Crippen molar-refractivity contribution in [1.82, 2.24) is 15.1 Å². The van der Waals surface area contributed by atoms with Gasteiger partial charge in [-0.15, -0.1) is 0 Å². The first-order valence-electron chi connectivity index (χ1n) is 6.86. The highest BCUT2D eigenvalue weighted by molar-refractivity contribution is 6.06. The quantitative estimate of drug-likeness (QED) is 0.634. The molecule has 0 unspecified atom stereocenters. The van der Waals surface area contributed by atoms with Gasteiger partial charge in [-0.3, -0.25) is 19.4 Å². The Hall–Kier alpha value is -1.63. The van der Waals surface area contributed by atoms with Gasteiger partial charge in [-0.05, 0) is 33.2 Å². The monoisotopic (exact) mass is 285 g/mol. The molecule has 114 valence electrons. The van der Waals surface area contributed by atoms with E-state index in [1.165, 1.54) is 4.90 Å². The van der Waals surface area contributed by atoms with E-state index in [-0.39, 0.29) is 18.5 Å². The van der Waals surface area contributed by atoms with E-state index in [2.05, 4.69) is 5.32 Å². The maximum Gasteiger partial charge on any atom is 0.325 e. The molecule has 0 bridgehead atoms. The summed E-state index contributed by atoms with van der Waals surface area (Å²) in [4.78, 5) is 37.4. The van der Waals surface area contributed by atoms with Crippen molar-refractivity contribution in [3.05, 3.63) is 0 Å². The summed E-state index contributed by atoms with van der Waals surface area (Å²) in [7, 11) is 0. The Morgan fingerprint density at radius 2 is 2.00 bits per heavy atom. The molecule has 1 rings (SSSR count). The Balaban J connectivity index is 2.44. The van der Waals surface area contributed by atoms with E-state index < -0.39 is 11.5 Å². The first-order chi connectivity index (χ1) is 9.27. The molecule has 20 heavy (non-hydrogen) atoms. The van der Waals surface area contributed by atoms with E-state index >= 15 is 0 Å². The SMILES string of the molecule is CCCN(CCCN1C(=O)NC(C)(C)C1=O)CC(=O)O. The van der Waals surface area contributed by atoms with Crippen LogP contribution in [0.2, 0.25) is 0 Å².